The van der Waals surface area contributed by atoms with Gasteiger partial charge in [0.2, 0.25) is 0 Å². The molecule has 4 nitrogen and oxygen atoms in total. The number of hydrogen-bond acceptors (Lipinski definition) is 2. The summed E-state index contributed by atoms with van der Waals surface area (Å²) in [5.74, 6) is -0.0909. The van der Waals surface area contributed by atoms with Crippen LogP contribution in [0, 0.1) is 0 Å². The minimum absolute atomic E-state index is 0. The van der Waals surface area contributed by atoms with E-state index >= 15 is 0 Å². The molecule has 0 aromatic heterocycles. The summed E-state index contributed by atoms with van der Waals surface area (Å²) in [5, 5.41) is 3.85. The van der Waals surface area contributed by atoms with Gasteiger partial charge in [0.1, 0.15) is 0 Å². The van der Waals surface area contributed by atoms with Gasteiger partial charge in [-0.25, -0.2) is 5.43 Å². The van der Waals surface area contributed by atoms with E-state index in [0.717, 1.165) is 5.56 Å². The molecule has 0 saturated carbocycles. The van der Waals surface area contributed by atoms with Crippen LogP contribution in [-0.2, 0) is 4.79 Å². The molecular weight excluding hydrogens is 262 g/mol. The smallest absolute Gasteiger partial charge is 0.295 e. The maximum absolute atomic E-state index is 11.4. The summed E-state index contributed by atoms with van der Waals surface area (Å²) in [6, 6.07) is 9.91. The fraction of sp³-hybridized carbons (Fsp3) is 0.286. The average molecular weight is 282 g/mol. The van der Waals surface area contributed by atoms with Crippen molar-refractivity contribution in [1.82, 2.24) is 5.43 Å². The second-order valence-electron chi connectivity index (χ2n) is 5.03. The quantitative estimate of drug-likeness (QED) is 0.399. The van der Waals surface area contributed by atoms with E-state index in [0.29, 0.717) is 11.0 Å². The number of hydrogen-bond donors (Lipinski definition) is 1. The Morgan fingerprint density at radius 2 is 1.89 bits per heavy atom. The Hall–Kier alpha value is -1.65. The average Bonchev–Trinajstić information content (AvgIpc) is 2.27. The predicted molar refractivity (Wildman–Crippen MR) is 75.0 cm³/mol. The number of benzene rings is 1. The lowest BCUT2D eigenvalue weighted by molar-refractivity contribution is -0.862. The zero-order valence-corrected chi connectivity index (χ0v) is 12.3. The Kier molecular flexibility index (Phi) is 7.72. The van der Waals surface area contributed by atoms with Crippen molar-refractivity contribution in [3.63, 3.8) is 0 Å². The van der Waals surface area contributed by atoms with E-state index in [1.54, 1.807) is 12.3 Å². The lowest BCUT2D eigenvalue weighted by Crippen LogP contribution is -3.00. The summed E-state index contributed by atoms with van der Waals surface area (Å²) < 4.78 is 0.585. The number of carbonyl (C=O) groups is 1. The molecule has 1 aromatic rings. The van der Waals surface area contributed by atoms with Gasteiger partial charge < -0.3 is 16.9 Å². The fourth-order valence-electron chi connectivity index (χ4n) is 1.34. The van der Waals surface area contributed by atoms with Crippen LogP contribution >= 0.6 is 0 Å². The monoisotopic (exact) mass is 281 g/mol. The number of hydrazone groups is 1. The fourth-order valence-corrected chi connectivity index (χ4v) is 1.34. The molecule has 0 unspecified atom stereocenters. The van der Waals surface area contributed by atoms with Crippen LogP contribution in [0.15, 0.2) is 41.5 Å². The molecule has 0 aliphatic rings. The van der Waals surface area contributed by atoms with Crippen molar-refractivity contribution >= 4 is 18.2 Å². The van der Waals surface area contributed by atoms with Gasteiger partial charge in [-0.05, 0) is 11.6 Å². The number of likely N-dealkylation sites (N-methyl/N-ethyl adjacent to an activating group) is 1. The topological polar surface area (TPSA) is 41.5 Å². The highest BCUT2D eigenvalue weighted by atomic mass is 35.5. The summed E-state index contributed by atoms with van der Waals surface area (Å²) in [5.41, 5.74) is 3.59. The van der Waals surface area contributed by atoms with Gasteiger partial charge in [0.05, 0.1) is 21.1 Å². The number of nitrogens with zero attached hydrogens (tertiary/aromatic N) is 2. The summed E-state index contributed by atoms with van der Waals surface area (Å²) >= 11 is 0. The number of quaternary nitrogens is 1. The van der Waals surface area contributed by atoms with Crippen LogP contribution < -0.4 is 17.8 Å². The number of nitrogens with one attached hydrogen (secondary N) is 1. The molecule has 1 aromatic carbocycles. The Bertz CT molecular complexity index is 436. The third-order valence-corrected chi connectivity index (χ3v) is 2.06. The van der Waals surface area contributed by atoms with Crippen molar-refractivity contribution < 1.29 is 21.7 Å². The summed E-state index contributed by atoms with van der Waals surface area (Å²) in [4.78, 5) is 11.4. The van der Waals surface area contributed by atoms with Crippen molar-refractivity contribution in [3.05, 3.63) is 42.0 Å². The first-order valence-corrected chi connectivity index (χ1v) is 5.81. The van der Waals surface area contributed by atoms with E-state index in [1.807, 2.05) is 57.6 Å². The molecule has 104 valence electrons. The SMILES string of the molecule is C[N+](C)(C)CC(=O)NN=CC=Cc1ccccc1.[Cl-]. The minimum atomic E-state index is -0.0909. The summed E-state index contributed by atoms with van der Waals surface area (Å²) in [7, 11) is 5.87. The summed E-state index contributed by atoms with van der Waals surface area (Å²) in [6.07, 6.45) is 5.29. The van der Waals surface area contributed by atoms with Gasteiger partial charge in [0.15, 0.2) is 6.54 Å². The normalized spacial score (nSPS) is 11.5. The number of carbonyl (C=O) groups excluding carboxylic acids is 1. The lowest BCUT2D eigenvalue weighted by atomic mass is 10.2. The maximum atomic E-state index is 11.4. The number of halogens is 1. The molecule has 5 heteroatoms. The number of allylic oxidation sites excluding steroid dienone is 1. The van der Waals surface area contributed by atoms with Crippen LogP contribution in [0.4, 0.5) is 0 Å². The minimum Gasteiger partial charge on any atom is -1.00 e. The molecular formula is C14H20ClN3O. The molecule has 0 bridgehead atoms. The Morgan fingerprint density at radius 3 is 2.47 bits per heavy atom. The van der Waals surface area contributed by atoms with Crippen molar-refractivity contribution in [2.75, 3.05) is 27.7 Å². The van der Waals surface area contributed by atoms with Crippen LogP contribution in [-0.4, -0.2) is 44.3 Å². The van der Waals surface area contributed by atoms with Crippen LogP contribution in [0.25, 0.3) is 6.08 Å². The van der Waals surface area contributed by atoms with E-state index in [-0.39, 0.29) is 18.3 Å². The Labute approximate surface area is 120 Å². The highest BCUT2D eigenvalue weighted by molar-refractivity contribution is 5.81. The van der Waals surface area contributed by atoms with Gasteiger partial charge in [-0.2, -0.15) is 5.10 Å². The third kappa shape index (κ3) is 8.99. The van der Waals surface area contributed by atoms with Crippen LogP contribution in [0.3, 0.4) is 0 Å². The molecule has 0 aliphatic heterocycles. The molecule has 0 fully saturated rings. The van der Waals surface area contributed by atoms with Crippen LogP contribution in [0.1, 0.15) is 5.56 Å². The van der Waals surface area contributed by atoms with Gasteiger partial charge in [-0.1, -0.05) is 36.4 Å². The van der Waals surface area contributed by atoms with E-state index in [2.05, 4.69) is 10.5 Å². The Balaban J connectivity index is 0.00000324. The van der Waals surface area contributed by atoms with E-state index in [9.17, 15) is 4.79 Å². The van der Waals surface area contributed by atoms with Gasteiger partial charge in [0.25, 0.3) is 5.91 Å². The van der Waals surface area contributed by atoms with Crippen molar-refractivity contribution in [2.45, 2.75) is 0 Å². The third-order valence-electron chi connectivity index (χ3n) is 2.06. The second-order valence-corrected chi connectivity index (χ2v) is 5.03. The molecule has 0 spiro atoms. The van der Waals surface area contributed by atoms with Crippen molar-refractivity contribution in [1.29, 1.82) is 0 Å². The van der Waals surface area contributed by atoms with Gasteiger partial charge in [-0.3, -0.25) is 4.79 Å². The molecule has 0 atom stereocenters. The van der Waals surface area contributed by atoms with Gasteiger partial charge >= 0.3 is 0 Å². The molecule has 0 saturated heterocycles. The largest absolute Gasteiger partial charge is 1.00 e. The summed E-state index contributed by atoms with van der Waals surface area (Å²) in [6.45, 7) is 0.403. The first kappa shape index (κ1) is 17.4. The first-order chi connectivity index (χ1) is 8.47. The zero-order valence-electron chi connectivity index (χ0n) is 11.5. The lowest BCUT2D eigenvalue weighted by Gasteiger charge is -2.21. The van der Waals surface area contributed by atoms with Crippen molar-refractivity contribution in [2.24, 2.45) is 5.10 Å². The van der Waals surface area contributed by atoms with E-state index in [4.69, 9.17) is 0 Å². The second kappa shape index (κ2) is 8.45. The zero-order chi connectivity index (χ0) is 13.4. The van der Waals surface area contributed by atoms with Crippen LogP contribution in [0.2, 0.25) is 0 Å². The Morgan fingerprint density at radius 1 is 1.26 bits per heavy atom. The van der Waals surface area contributed by atoms with Crippen LogP contribution in [0.5, 0.6) is 0 Å². The van der Waals surface area contributed by atoms with Gasteiger partial charge in [-0.15, -0.1) is 0 Å². The number of rotatable bonds is 5. The van der Waals surface area contributed by atoms with Crippen molar-refractivity contribution in [3.8, 4) is 0 Å². The number of amides is 1. The van der Waals surface area contributed by atoms with Gasteiger partial charge in [0, 0.05) is 6.21 Å². The highest BCUT2D eigenvalue weighted by Crippen LogP contribution is 1.99. The van der Waals surface area contributed by atoms with E-state index < -0.39 is 0 Å². The molecule has 1 rings (SSSR count). The molecule has 0 aliphatic carbocycles. The molecule has 1 N–H and O–H groups in total. The molecule has 19 heavy (non-hydrogen) atoms. The highest BCUT2D eigenvalue weighted by Gasteiger charge is 2.12. The van der Waals surface area contributed by atoms with E-state index in [1.165, 1.54) is 0 Å². The predicted octanol–water partition coefficient (Wildman–Crippen LogP) is -1.49. The molecule has 1 amide bonds. The molecule has 0 heterocycles. The standard InChI is InChI=1S/C14H19N3O.ClH/c1-17(2,3)12-14(18)16-15-11-7-10-13-8-5-4-6-9-13;/h4-11H,12H2,1-3H3;1H. The maximum Gasteiger partial charge on any atom is 0.295 e. The first-order valence-electron chi connectivity index (χ1n) is 5.81. The molecule has 0 radical (unpaired) electrons.